The molecule has 0 atom stereocenters. The van der Waals surface area contributed by atoms with E-state index in [0.717, 1.165) is 12.8 Å². The molecule has 130 valence electrons. The fourth-order valence-electron chi connectivity index (χ4n) is 2.19. The first-order valence-corrected chi connectivity index (χ1v) is 7.97. The number of carbonyl (C=O) groups excluding carboxylic acids is 2. The number of rotatable bonds is 7. The van der Waals surface area contributed by atoms with Gasteiger partial charge in [0.1, 0.15) is 0 Å². The second kappa shape index (κ2) is 7.33. The maximum atomic E-state index is 12.1. The zero-order valence-corrected chi connectivity index (χ0v) is 13.9. The molecule has 1 saturated carbocycles. The molecule has 1 aromatic rings. The van der Waals surface area contributed by atoms with E-state index in [2.05, 4.69) is 16.0 Å². The number of urea groups is 1. The van der Waals surface area contributed by atoms with E-state index >= 15 is 0 Å². The van der Waals surface area contributed by atoms with Gasteiger partial charge in [0, 0.05) is 29.3 Å². The number of nitrogens with one attached hydrogen (secondary N) is 3. The Morgan fingerprint density at radius 1 is 1.25 bits per heavy atom. The zero-order chi connectivity index (χ0) is 17.7. The Labute approximate surface area is 140 Å². The summed E-state index contributed by atoms with van der Waals surface area (Å²) in [7, 11) is 0. The molecular weight excluding hydrogens is 310 g/mol. The van der Waals surface area contributed by atoms with Gasteiger partial charge < -0.3 is 21.1 Å². The van der Waals surface area contributed by atoms with Crippen molar-refractivity contribution < 1.29 is 19.5 Å². The minimum absolute atomic E-state index is 0.0237. The smallest absolute Gasteiger partial charge is 0.319 e. The molecule has 0 aliphatic heterocycles. The second-order valence-electron chi connectivity index (χ2n) is 6.69. The van der Waals surface area contributed by atoms with Gasteiger partial charge >= 0.3 is 12.0 Å². The van der Waals surface area contributed by atoms with Crippen LogP contribution < -0.4 is 16.0 Å². The van der Waals surface area contributed by atoms with Gasteiger partial charge in [-0.3, -0.25) is 9.59 Å². The van der Waals surface area contributed by atoms with Crippen LogP contribution in [-0.4, -0.2) is 34.6 Å². The second-order valence-corrected chi connectivity index (χ2v) is 6.69. The lowest BCUT2D eigenvalue weighted by Gasteiger charge is -2.25. The Morgan fingerprint density at radius 2 is 1.96 bits per heavy atom. The van der Waals surface area contributed by atoms with Gasteiger partial charge in [0.15, 0.2) is 0 Å². The van der Waals surface area contributed by atoms with Crippen LogP contribution in [0.5, 0.6) is 0 Å². The molecule has 2 rings (SSSR count). The summed E-state index contributed by atoms with van der Waals surface area (Å²) in [6.45, 7) is 3.52. The number of carboxylic acids is 1. The van der Waals surface area contributed by atoms with Gasteiger partial charge in [-0.2, -0.15) is 0 Å². The number of hydrogen-bond acceptors (Lipinski definition) is 3. The Morgan fingerprint density at radius 3 is 2.58 bits per heavy atom. The fraction of sp³-hybridized carbons (Fsp3) is 0.471. The fourth-order valence-corrected chi connectivity index (χ4v) is 2.19. The van der Waals surface area contributed by atoms with Crippen molar-refractivity contribution in [3.8, 4) is 0 Å². The highest BCUT2D eigenvalue weighted by Gasteiger charge is 2.24. The van der Waals surface area contributed by atoms with Crippen molar-refractivity contribution in [3.63, 3.8) is 0 Å². The Balaban J connectivity index is 1.91. The van der Waals surface area contributed by atoms with Crippen LogP contribution in [0.3, 0.4) is 0 Å². The Kier molecular flexibility index (Phi) is 5.43. The third-order valence-electron chi connectivity index (χ3n) is 3.71. The SMILES string of the molecule is CC(C)(CCC(=O)O)NC(=O)Nc1cccc(C(=O)NC2CC2)c1. The molecule has 24 heavy (non-hydrogen) atoms. The van der Waals surface area contributed by atoms with Gasteiger partial charge in [-0.05, 0) is 51.3 Å². The summed E-state index contributed by atoms with van der Waals surface area (Å²) in [6.07, 6.45) is 2.32. The predicted molar refractivity (Wildman–Crippen MR) is 90.0 cm³/mol. The first kappa shape index (κ1) is 17.8. The number of benzene rings is 1. The zero-order valence-electron chi connectivity index (χ0n) is 13.9. The number of anilines is 1. The average molecular weight is 333 g/mol. The number of aliphatic carboxylic acids is 1. The lowest BCUT2D eigenvalue weighted by Crippen LogP contribution is -2.45. The van der Waals surface area contributed by atoms with Gasteiger partial charge in [-0.15, -0.1) is 0 Å². The monoisotopic (exact) mass is 333 g/mol. The standard InChI is InChI=1S/C17H23N3O4/c1-17(2,9-8-14(21)22)20-16(24)19-13-5-3-4-11(10-13)15(23)18-12-6-7-12/h3-5,10,12H,6-9H2,1-2H3,(H,18,23)(H,21,22)(H2,19,20,24). The van der Waals surface area contributed by atoms with Crippen LogP contribution in [0.15, 0.2) is 24.3 Å². The normalized spacial score (nSPS) is 13.9. The van der Waals surface area contributed by atoms with Crippen molar-refractivity contribution in [2.75, 3.05) is 5.32 Å². The molecule has 0 heterocycles. The van der Waals surface area contributed by atoms with E-state index in [-0.39, 0.29) is 18.4 Å². The minimum atomic E-state index is -0.903. The van der Waals surface area contributed by atoms with E-state index in [9.17, 15) is 14.4 Å². The number of carboxylic acid groups (broad SMARTS) is 1. The van der Waals surface area contributed by atoms with Crippen molar-refractivity contribution in [1.29, 1.82) is 0 Å². The average Bonchev–Trinajstić information content (AvgIpc) is 3.29. The first-order valence-electron chi connectivity index (χ1n) is 7.97. The highest BCUT2D eigenvalue weighted by molar-refractivity contribution is 5.97. The van der Waals surface area contributed by atoms with Gasteiger partial charge in [0.25, 0.3) is 5.91 Å². The molecule has 1 fully saturated rings. The summed E-state index contributed by atoms with van der Waals surface area (Å²) < 4.78 is 0. The molecule has 0 bridgehead atoms. The summed E-state index contributed by atoms with van der Waals surface area (Å²) in [5, 5.41) is 17.0. The minimum Gasteiger partial charge on any atom is -0.481 e. The lowest BCUT2D eigenvalue weighted by molar-refractivity contribution is -0.137. The van der Waals surface area contributed by atoms with Crippen LogP contribution in [-0.2, 0) is 4.79 Å². The molecule has 3 amide bonds. The highest BCUT2D eigenvalue weighted by Crippen LogP contribution is 2.20. The third kappa shape index (κ3) is 5.91. The van der Waals surface area contributed by atoms with Gasteiger partial charge in [0.05, 0.1) is 0 Å². The summed E-state index contributed by atoms with van der Waals surface area (Å²) in [5.74, 6) is -1.05. The van der Waals surface area contributed by atoms with E-state index < -0.39 is 17.5 Å². The Bertz CT molecular complexity index is 638. The molecule has 4 N–H and O–H groups in total. The topological polar surface area (TPSA) is 108 Å². The van der Waals surface area contributed by atoms with Crippen LogP contribution in [0.25, 0.3) is 0 Å². The van der Waals surface area contributed by atoms with Crippen LogP contribution in [0, 0.1) is 0 Å². The highest BCUT2D eigenvalue weighted by atomic mass is 16.4. The van der Waals surface area contributed by atoms with Crippen molar-refractivity contribution in [3.05, 3.63) is 29.8 Å². The van der Waals surface area contributed by atoms with E-state index in [1.54, 1.807) is 38.1 Å². The maximum Gasteiger partial charge on any atom is 0.319 e. The summed E-state index contributed by atoms with van der Waals surface area (Å²) >= 11 is 0. The molecule has 0 unspecified atom stereocenters. The molecule has 0 spiro atoms. The molecule has 0 radical (unpaired) electrons. The molecule has 0 saturated heterocycles. The predicted octanol–water partition coefficient (Wildman–Crippen LogP) is 2.34. The molecule has 7 nitrogen and oxygen atoms in total. The van der Waals surface area contributed by atoms with Gasteiger partial charge in [0.2, 0.25) is 0 Å². The van der Waals surface area contributed by atoms with E-state index in [1.807, 2.05) is 0 Å². The number of hydrogen-bond donors (Lipinski definition) is 4. The largest absolute Gasteiger partial charge is 0.481 e. The molecule has 7 heteroatoms. The quantitative estimate of drug-likeness (QED) is 0.614. The van der Waals surface area contributed by atoms with E-state index in [4.69, 9.17) is 5.11 Å². The van der Waals surface area contributed by atoms with Crippen LogP contribution in [0.1, 0.15) is 49.9 Å². The van der Waals surface area contributed by atoms with Crippen molar-refractivity contribution in [1.82, 2.24) is 10.6 Å². The van der Waals surface area contributed by atoms with E-state index in [0.29, 0.717) is 17.7 Å². The van der Waals surface area contributed by atoms with Gasteiger partial charge in [-0.1, -0.05) is 6.07 Å². The number of carbonyl (C=O) groups is 3. The van der Waals surface area contributed by atoms with Crippen molar-refractivity contribution in [2.45, 2.75) is 51.1 Å². The first-order chi connectivity index (χ1) is 11.2. The lowest BCUT2D eigenvalue weighted by atomic mass is 9.99. The molecule has 1 aliphatic carbocycles. The van der Waals surface area contributed by atoms with Crippen LogP contribution in [0.2, 0.25) is 0 Å². The molecular formula is C17H23N3O4. The van der Waals surface area contributed by atoms with E-state index in [1.165, 1.54) is 0 Å². The molecule has 1 aromatic carbocycles. The summed E-state index contributed by atoms with van der Waals surface area (Å²) in [5.41, 5.74) is 0.346. The van der Waals surface area contributed by atoms with Crippen molar-refractivity contribution >= 4 is 23.6 Å². The summed E-state index contributed by atoms with van der Waals surface area (Å²) in [6, 6.07) is 6.53. The summed E-state index contributed by atoms with van der Waals surface area (Å²) in [4.78, 5) is 34.7. The maximum absolute atomic E-state index is 12.1. The Hall–Kier alpha value is -2.57. The molecule has 0 aromatic heterocycles. The molecule has 1 aliphatic rings. The van der Waals surface area contributed by atoms with Crippen LogP contribution >= 0.6 is 0 Å². The number of amides is 3. The third-order valence-corrected chi connectivity index (χ3v) is 3.71. The van der Waals surface area contributed by atoms with Crippen molar-refractivity contribution in [2.24, 2.45) is 0 Å². The van der Waals surface area contributed by atoms with Gasteiger partial charge in [-0.25, -0.2) is 4.79 Å². The van der Waals surface area contributed by atoms with Crippen LogP contribution in [0.4, 0.5) is 10.5 Å².